The van der Waals surface area contributed by atoms with E-state index in [9.17, 15) is 0 Å². The van der Waals surface area contributed by atoms with E-state index in [1.165, 1.54) is 0 Å². The minimum atomic E-state index is -0.0373. The first-order valence-electron chi connectivity index (χ1n) is 12.9. The van der Waals surface area contributed by atoms with Gasteiger partial charge in [-0.1, -0.05) is 103 Å². The van der Waals surface area contributed by atoms with Gasteiger partial charge in [0.25, 0.3) is 0 Å². The van der Waals surface area contributed by atoms with Crippen LogP contribution in [0.15, 0.2) is 116 Å². The maximum absolute atomic E-state index is 5.11. The Morgan fingerprint density at radius 1 is 0.590 bits per heavy atom. The van der Waals surface area contributed by atoms with E-state index < -0.39 is 0 Å². The van der Waals surface area contributed by atoms with Crippen LogP contribution in [0.1, 0.15) is 23.7 Å². The number of thiazole rings is 1. The molecule has 0 saturated carbocycles. The average molecular weight is 522 g/mol. The molecule has 186 valence electrons. The van der Waals surface area contributed by atoms with Crippen molar-refractivity contribution in [1.29, 1.82) is 0 Å². The molecular weight excluding hydrogens is 498 g/mol. The molecule has 1 aliphatic carbocycles. The Balaban J connectivity index is 1.42. The molecule has 1 atom stereocenters. The van der Waals surface area contributed by atoms with Crippen molar-refractivity contribution in [1.82, 2.24) is 24.9 Å². The molecule has 0 aliphatic heterocycles. The fraction of sp³-hybridized carbons (Fsp3) is 0.0606. The Bertz CT molecular complexity index is 1810. The molecule has 1 unspecified atom stereocenters. The molecule has 7 rings (SSSR count). The maximum Gasteiger partial charge on any atom is 0.163 e. The molecule has 0 bridgehead atoms. The number of hydrogen-bond donors (Lipinski definition) is 0. The lowest BCUT2D eigenvalue weighted by atomic mass is 9.90. The van der Waals surface area contributed by atoms with Crippen molar-refractivity contribution in [2.75, 3.05) is 0 Å². The summed E-state index contributed by atoms with van der Waals surface area (Å²) < 4.78 is 1.13. The number of pyridine rings is 1. The van der Waals surface area contributed by atoms with Gasteiger partial charge in [-0.25, -0.2) is 19.9 Å². The van der Waals surface area contributed by atoms with Crippen LogP contribution in [-0.2, 0) is 0 Å². The van der Waals surface area contributed by atoms with Gasteiger partial charge in [-0.05, 0) is 23.6 Å². The van der Waals surface area contributed by atoms with Crippen molar-refractivity contribution in [3.8, 4) is 33.3 Å². The molecule has 0 radical (unpaired) electrons. The zero-order chi connectivity index (χ0) is 26.0. The van der Waals surface area contributed by atoms with Crippen LogP contribution in [0.25, 0.3) is 45.0 Å². The predicted octanol–water partition coefficient (Wildman–Crippen LogP) is 5.89. The normalized spacial score (nSPS) is 14.5. The lowest BCUT2D eigenvalue weighted by Gasteiger charge is -2.18. The Morgan fingerprint density at radius 2 is 1.18 bits per heavy atom. The van der Waals surface area contributed by atoms with Crippen LogP contribution in [0.4, 0.5) is 0 Å². The van der Waals surface area contributed by atoms with Crippen LogP contribution in [-0.4, -0.2) is 24.9 Å². The SMILES string of the molecule is C1=c2sc(-c3ccccc3)nc2=C(c2cccnc2)CC1c1nc(-c2ccccc2)nc(-c2ccccc2)n1. The number of nitrogens with zero attached hydrogens (tertiary/aromatic N) is 5. The third-order valence-corrected chi connectivity index (χ3v) is 7.86. The average Bonchev–Trinajstić information content (AvgIpc) is 3.47. The van der Waals surface area contributed by atoms with Gasteiger partial charge in [0.15, 0.2) is 11.6 Å². The molecule has 5 nitrogen and oxygen atoms in total. The van der Waals surface area contributed by atoms with E-state index in [1.807, 2.05) is 79.0 Å². The topological polar surface area (TPSA) is 64.5 Å². The Hall–Kier alpha value is -4.81. The monoisotopic (exact) mass is 521 g/mol. The number of fused-ring (bicyclic) bond motifs is 1. The van der Waals surface area contributed by atoms with Crippen LogP contribution in [0, 0.1) is 0 Å². The van der Waals surface area contributed by atoms with Gasteiger partial charge < -0.3 is 0 Å². The molecule has 0 fully saturated rings. The van der Waals surface area contributed by atoms with Crippen LogP contribution in [0.3, 0.4) is 0 Å². The molecule has 3 aromatic heterocycles. The van der Waals surface area contributed by atoms with Gasteiger partial charge in [0, 0.05) is 35.0 Å². The van der Waals surface area contributed by atoms with Crippen LogP contribution >= 0.6 is 11.3 Å². The zero-order valence-electron chi connectivity index (χ0n) is 21.0. The summed E-state index contributed by atoms with van der Waals surface area (Å²) in [7, 11) is 0. The highest BCUT2D eigenvalue weighted by Crippen LogP contribution is 2.32. The van der Waals surface area contributed by atoms with Crippen LogP contribution in [0.2, 0.25) is 0 Å². The highest BCUT2D eigenvalue weighted by Gasteiger charge is 2.24. The quantitative estimate of drug-likeness (QED) is 0.283. The Labute approximate surface area is 230 Å². The highest BCUT2D eigenvalue weighted by atomic mass is 32.1. The summed E-state index contributed by atoms with van der Waals surface area (Å²) >= 11 is 1.71. The van der Waals surface area contributed by atoms with E-state index in [0.717, 1.165) is 55.0 Å². The van der Waals surface area contributed by atoms with Crippen molar-refractivity contribution in [3.63, 3.8) is 0 Å². The van der Waals surface area contributed by atoms with E-state index in [2.05, 4.69) is 41.4 Å². The molecule has 6 aromatic rings. The Kier molecular flexibility index (Phi) is 6.07. The number of benzene rings is 3. The second-order valence-electron chi connectivity index (χ2n) is 9.37. The van der Waals surface area contributed by atoms with E-state index in [-0.39, 0.29) is 5.92 Å². The summed E-state index contributed by atoms with van der Waals surface area (Å²) in [6, 6.07) is 34.6. The third kappa shape index (κ3) is 4.67. The minimum Gasteiger partial charge on any atom is -0.264 e. The summed E-state index contributed by atoms with van der Waals surface area (Å²) in [5.41, 5.74) is 5.28. The second-order valence-corrected chi connectivity index (χ2v) is 10.4. The molecule has 3 aromatic carbocycles. The van der Waals surface area contributed by atoms with Crippen LogP contribution < -0.4 is 9.88 Å². The van der Waals surface area contributed by atoms with E-state index in [4.69, 9.17) is 19.9 Å². The summed E-state index contributed by atoms with van der Waals surface area (Å²) in [6.07, 6.45) is 6.72. The molecule has 6 heteroatoms. The molecule has 0 saturated heterocycles. The maximum atomic E-state index is 5.11. The third-order valence-electron chi connectivity index (χ3n) is 6.79. The van der Waals surface area contributed by atoms with Crippen molar-refractivity contribution in [2.45, 2.75) is 12.3 Å². The fourth-order valence-corrected chi connectivity index (χ4v) is 5.97. The van der Waals surface area contributed by atoms with Gasteiger partial charge in [0.1, 0.15) is 10.8 Å². The molecule has 0 amide bonds. The second kappa shape index (κ2) is 10.2. The van der Waals surface area contributed by atoms with E-state index in [1.54, 1.807) is 17.5 Å². The lowest BCUT2D eigenvalue weighted by molar-refractivity contribution is 0.797. The van der Waals surface area contributed by atoms with Gasteiger partial charge in [-0.15, -0.1) is 11.3 Å². The molecular formula is C33H23N5S. The van der Waals surface area contributed by atoms with Gasteiger partial charge in [-0.2, -0.15) is 0 Å². The van der Waals surface area contributed by atoms with Gasteiger partial charge in [0.05, 0.1) is 9.88 Å². The summed E-state index contributed by atoms with van der Waals surface area (Å²) in [5, 5.41) is 2.02. The first-order chi connectivity index (χ1) is 19.3. The highest BCUT2D eigenvalue weighted by molar-refractivity contribution is 7.13. The molecule has 0 N–H and O–H groups in total. The summed E-state index contributed by atoms with van der Waals surface area (Å²) in [6.45, 7) is 0. The molecule has 0 spiro atoms. The van der Waals surface area contributed by atoms with Crippen molar-refractivity contribution < 1.29 is 0 Å². The minimum absolute atomic E-state index is 0.0373. The number of rotatable bonds is 5. The largest absolute Gasteiger partial charge is 0.264 e. The first-order valence-corrected chi connectivity index (χ1v) is 13.7. The standard InChI is InChI=1S/C33H23N5S/c1-4-11-22(12-5-1)30-36-31(23-13-6-2-7-14-23)38-32(37-30)26-19-27(25-17-10-18-34-21-25)29-28(20-26)39-33(35-29)24-15-8-3-9-16-24/h1-18,20-21,26H,19H2. The summed E-state index contributed by atoms with van der Waals surface area (Å²) in [4.78, 5) is 24.4. The van der Waals surface area contributed by atoms with Gasteiger partial charge >= 0.3 is 0 Å². The van der Waals surface area contributed by atoms with Crippen molar-refractivity contribution >= 4 is 23.0 Å². The van der Waals surface area contributed by atoms with Gasteiger partial charge in [0.2, 0.25) is 0 Å². The number of hydrogen-bond acceptors (Lipinski definition) is 6. The predicted molar refractivity (Wildman–Crippen MR) is 156 cm³/mol. The fourth-order valence-electron chi connectivity index (χ4n) is 4.88. The summed E-state index contributed by atoms with van der Waals surface area (Å²) in [5.74, 6) is 2.07. The number of aromatic nitrogens is 5. The van der Waals surface area contributed by atoms with Crippen LogP contribution in [0.5, 0.6) is 0 Å². The lowest BCUT2D eigenvalue weighted by Crippen LogP contribution is -2.30. The van der Waals surface area contributed by atoms with E-state index >= 15 is 0 Å². The van der Waals surface area contributed by atoms with Gasteiger partial charge in [-0.3, -0.25) is 4.98 Å². The smallest absolute Gasteiger partial charge is 0.163 e. The van der Waals surface area contributed by atoms with E-state index in [0.29, 0.717) is 11.6 Å². The zero-order valence-corrected chi connectivity index (χ0v) is 21.8. The Morgan fingerprint density at radius 3 is 1.77 bits per heavy atom. The van der Waals surface area contributed by atoms with Crippen molar-refractivity contribution in [3.05, 3.63) is 137 Å². The molecule has 39 heavy (non-hydrogen) atoms. The first kappa shape index (κ1) is 23.3. The van der Waals surface area contributed by atoms with Crippen molar-refractivity contribution in [2.24, 2.45) is 0 Å². The molecule has 3 heterocycles. The molecule has 1 aliphatic rings.